The van der Waals surface area contributed by atoms with Crippen molar-refractivity contribution in [2.24, 2.45) is 0 Å². The standard InChI is InChI=1S/C21H19N7O4/c1-13-11-18(26-32-13)23-19(29)12-28-25-20(24-27-28)14-3-7-16(8-4-14)22-21(30)15-5-9-17(31-2)10-6-15/h3-11H,12H2,1-2H3,(H,22,30)(H,23,26,29). The van der Waals surface area contributed by atoms with Gasteiger partial charge in [0.25, 0.3) is 5.91 Å². The average molecular weight is 433 g/mol. The number of carbonyl (C=O) groups is 2. The fourth-order valence-corrected chi connectivity index (χ4v) is 2.81. The van der Waals surface area contributed by atoms with Crippen LogP contribution in [0.4, 0.5) is 11.5 Å². The summed E-state index contributed by atoms with van der Waals surface area (Å²) in [7, 11) is 1.57. The molecule has 0 aliphatic carbocycles. The molecule has 0 spiro atoms. The Balaban J connectivity index is 1.36. The molecule has 4 rings (SSSR count). The zero-order chi connectivity index (χ0) is 22.5. The van der Waals surface area contributed by atoms with Crippen LogP contribution in [0, 0.1) is 6.92 Å². The van der Waals surface area contributed by atoms with Crippen LogP contribution in [0.3, 0.4) is 0 Å². The highest BCUT2D eigenvalue weighted by molar-refractivity contribution is 6.04. The summed E-state index contributed by atoms with van der Waals surface area (Å²) in [5.74, 6) is 1.34. The van der Waals surface area contributed by atoms with Crippen LogP contribution >= 0.6 is 0 Å². The lowest BCUT2D eigenvalue weighted by Gasteiger charge is -2.06. The number of hydrogen-bond donors (Lipinski definition) is 2. The van der Waals surface area contributed by atoms with Crippen LogP contribution in [0.1, 0.15) is 16.1 Å². The number of ether oxygens (including phenoxy) is 1. The van der Waals surface area contributed by atoms with Crippen molar-refractivity contribution in [2.45, 2.75) is 13.5 Å². The molecule has 0 unspecified atom stereocenters. The first-order valence-electron chi connectivity index (χ1n) is 9.57. The molecule has 162 valence electrons. The number of nitrogens with zero attached hydrogens (tertiary/aromatic N) is 5. The van der Waals surface area contributed by atoms with Gasteiger partial charge in [-0.15, -0.1) is 10.2 Å². The molecule has 0 bridgehead atoms. The van der Waals surface area contributed by atoms with Gasteiger partial charge < -0.3 is 19.9 Å². The Bertz CT molecular complexity index is 1230. The number of benzene rings is 2. The molecule has 0 atom stereocenters. The van der Waals surface area contributed by atoms with Crippen LogP contribution in [-0.2, 0) is 11.3 Å². The molecule has 2 amide bonds. The van der Waals surface area contributed by atoms with E-state index >= 15 is 0 Å². The highest BCUT2D eigenvalue weighted by Crippen LogP contribution is 2.18. The van der Waals surface area contributed by atoms with Gasteiger partial charge in [-0.25, -0.2) is 0 Å². The molecule has 0 aliphatic rings. The van der Waals surface area contributed by atoms with Gasteiger partial charge in [-0.05, 0) is 60.7 Å². The van der Waals surface area contributed by atoms with Crippen LogP contribution in [0.15, 0.2) is 59.1 Å². The third-order valence-corrected chi connectivity index (χ3v) is 4.39. The summed E-state index contributed by atoms with van der Waals surface area (Å²) in [5.41, 5.74) is 1.81. The van der Waals surface area contributed by atoms with E-state index in [0.29, 0.717) is 40.0 Å². The van der Waals surface area contributed by atoms with Gasteiger partial charge in [-0.3, -0.25) is 9.59 Å². The molecule has 0 saturated carbocycles. The van der Waals surface area contributed by atoms with Crippen molar-refractivity contribution in [3.05, 3.63) is 65.9 Å². The van der Waals surface area contributed by atoms with Gasteiger partial charge in [0.15, 0.2) is 5.82 Å². The Hall–Kier alpha value is -4.54. The molecular weight excluding hydrogens is 414 g/mol. The SMILES string of the molecule is COc1ccc(C(=O)Nc2ccc(-c3nnn(CC(=O)Nc4cc(C)on4)n3)cc2)cc1. The van der Waals surface area contributed by atoms with Crippen molar-refractivity contribution in [2.75, 3.05) is 17.7 Å². The fourth-order valence-electron chi connectivity index (χ4n) is 2.81. The first-order valence-corrected chi connectivity index (χ1v) is 9.57. The summed E-state index contributed by atoms with van der Waals surface area (Å²) in [6, 6.07) is 15.4. The first-order chi connectivity index (χ1) is 15.5. The summed E-state index contributed by atoms with van der Waals surface area (Å²) < 4.78 is 9.99. The summed E-state index contributed by atoms with van der Waals surface area (Å²) in [6.07, 6.45) is 0. The summed E-state index contributed by atoms with van der Waals surface area (Å²) in [4.78, 5) is 25.6. The van der Waals surface area contributed by atoms with Crippen LogP contribution < -0.4 is 15.4 Å². The number of anilines is 2. The van der Waals surface area contributed by atoms with Crippen LogP contribution in [0.2, 0.25) is 0 Å². The Kier molecular flexibility index (Phi) is 5.88. The second-order valence-electron chi connectivity index (χ2n) is 6.77. The topological polar surface area (TPSA) is 137 Å². The Labute approximate surface area is 182 Å². The molecular formula is C21H19N7O4. The van der Waals surface area contributed by atoms with Crippen LogP contribution in [0.5, 0.6) is 5.75 Å². The van der Waals surface area contributed by atoms with Gasteiger partial charge in [0.2, 0.25) is 11.7 Å². The van der Waals surface area contributed by atoms with E-state index in [1.165, 1.54) is 4.80 Å². The van der Waals surface area contributed by atoms with Crippen molar-refractivity contribution in [1.29, 1.82) is 0 Å². The average Bonchev–Trinajstić information content (AvgIpc) is 3.43. The van der Waals surface area contributed by atoms with Gasteiger partial charge in [0, 0.05) is 22.9 Å². The molecule has 0 saturated heterocycles. The number of aryl methyl sites for hydroxylation is 1. The first kappa shape index (κ1) is 20.7. The predicted molar refractivity (Wildman–Crippen MR) is 114 cm³/mol. The number of amides is 2. The largest absolute Gasteiger partial charge is 0.497 e. The van der Waals surface area contributed by atoms with Crippen molar-refractivity contribution in [1.82, 2.24) is 25.4 Å². The van der Waals surface area contributed by atoms with Crippen molar-refractivity contribution < 1.29 is 18.8 Å². The predicted octanol–water partition coefficient (Wildman–Crippen LogP) is 2.54. The number of hydrogen-bond acceptors (Lipinski definition) is 8. The maximum atomic E-state index is 12.4. The van der Waals surface area contributed by atoms with E-state index in [1.54, 1.807) is 68.6 Å². The Morgan fingerprint density at radius 3 is 2.47 bits per heavy atom. The Morgan fingerprint density at radius 2 is 1.81 bits per heavy atom. The minimum Gasteiger partial charge on any atom is -0.497 e. The maximum Gasteiger partial charge on any atom is 0.255 e. The molecule has 2 heterocycles. The normalized spacial score (nSPS) is 10.6. The fraction of sp³-hybridized carbons (Fsp3) is 0.143. The molecule has 11 nitrogen and oxygen atoms in total. The quantitative estimate of drug-likeness (QED) is 0.454. The van der Waals surface area contributed by atoms with Gasteiger partial charge in [-0.2, -0.15) is 4.80 Å². The van der Waals surface area contributed by atoms with E-state index in [9.17, 15) is 9.59 Å². The van der Waals surface area contributed by atoms with E-state index in [-0.39, 0.29) is 18.4 Å². The van der Waals surface area contributed by atoms with Crippen molar-refractivity contribution in [3.63, 3.8) is 0 Å². The van der Waals surface area contributed by atoms with E-state index in [2.05, 4.69) is 31.2 Å². The molecule has 0 radical (unpaired) electrons. The highest BCUT2D eigenvalue weighted by atomic mass is 16.5. The van der Waals surface area contributed by atoms with Gasteiger partial charge >= 0.3 is 0 Å². The molecule has 2 N–H and O–H groups in total. The molecule has 2 aromatic heterocycles. The highest BCUT2D eigenvalue weighted by Gasteiger charge is 2.12. The van der Waals surface area contributed by atoms with Crippen LogP contribution in [-0.4, -0.2) is 44.3 Å². The lowest BCUT2D eigenvalue weighted by molar-refractivity contribution is -0.117. The van der Waals surface area contributed by atoms with Gasteiger partial charge in [0.1, 0.15) is 18.1 Å². The van der Waals surface area contributed by atoms with E-state index in [0.717, 1.165) is 0 Å². The lowest BCUT2D eigenvalue weighted by Crippen LogP contribution is -2.20. The van der Waals surface area contributed by atoms with E-state index in [4.69, 9.17) is 9.26 Å². The number of methoxy groups -OCH3 is 1. The molecule has 4 aromatic rings. The zero-order valence-electron chi connectivity index (χ0n) is 17.3. The van der Waals surface area contributed by atoms with E-state index in [1.807, 2.05) is 0 Å². The lowest BCUT2D eigenvalue weighted by atomic mass is 10.1. The minimum absolute atomic E-state index is 0.130. The summed E-state index contributed by atoms with van der Waals surface area (Å²) in [6.45, 7) is 1.60. The minimum atomic E-state index is -0.362. The van der Waals surface area contributed by atoms with Crippen molar-refractivity contribution >= 4 is 23.3 Å². The van der Waals surface area contributed by atoms with Crippen molar-refractivity contribution in [3.8, 4) is 17.1 Å². The summed E-state index contributed by atoms with van der Waals surface area (Å²) in [5, 5.41) is 21.2. The molecule has 0 aliphatic heterocycles. The number of carbonyl (C=O) groups excluding carboxylic acids is 2. The number of rotatable bonds is 7. The second-order valence-corrected chi connectivity index (χ2v) is 6.77. The van der Waals surface area contributed by atoms with Gasteiger partial charge in [0.05, 0.1) is 7.11 Å². The number of nitrogens with one attached hydrogen (secondary N) is 2. The zero-order valence-corrected chi connectivity index (χ0v) is 17.3. The summed E-state index contributed by atoms with van der Waals surface area (Å²) >= 11 is 0. The third kappa shape index (κ3) is 4.95. The second kappa shape index (κ2) is 9.08. The molecule has 2 aromatic carbocycles. The third-order valence-electron chi connectivity index (χ3n) is 4.39. The van der Waals surface area contributed by atoms with Crippen LogP contribution in [0.25, 0.3) is 11.4 Å². The molecule has 0 fully saturated rings. The monoisotopic (exact) mass is 433 g/mol. The maximum absolute atomic E-state index is 12.4. The van der Waals surface area contributed by atoms with E-state index < -0.39 is 0 Å². The number of aromatic nitrogens is 5. The molecule has 32 heavy (non-hydrogen) atoms. The number of tetrazole rings is 1. The van der Waals surface area contributed by atoms with Gasteiger partial charge in [-0.1, -0.05) is 5.16 Å². The Morgan fingerprint density at radius 1 is 1.06 bits per heavy atom. The molecule has 11 heteroatoms. The smallest absolute Gasteiger partial charge is 0.255 e.